The van der Waals surface area contributed by atoms with Crippen LogP contribution in [0.2, 0.25) is 0 Å². The molecular weight excluding hydrogens is 554 g/mol. The standard InChI is InChI=1S/C25H29F2N5O2.C7H13NO/c26-23(27)18-14-17-4-1-2-5-19(17)22(15-18)32-8-6-20-21(16-32)29-25(30-24(20)28)34-11-3-7-31-9-12-33-13-10-31;1-4-7(9)8(5-2)6-3/h1-2,4-5,14-15,23H,3,6-13,16H2,(H2,28,29,30);4H,1,5-6H2,2-3H3. The number of alkyl halides is 2. The Morgan fingerprint density at radius 1 is 1.16 bits per heavy atom. The van der Waals surface area contributed by atoms with E-state index in [2.05, 4.69) is 26.3 Å². The molecule has 0 unspecified atom stereocenters. The Hall–Kier alpha value is -3.83. The van der Waals surface area contributed by atoms with Gasteiger partial charge >= 0.3 is 6.01 Å². The largest absolute Gasteiger partial charge is 0.463 e. The predicted octanol–water partition coefficient (Wildman–Crippen LogP) is 4.85. The third-order valence-corrected chi connectivity index (χ3v) is 7.73. The molecule has 1 fully saturated rings. The molecule has 232 valence electrons. The van der Waals surface area contributed by atoms with Crippen molar-refractivity contribution in [3.8, 4) is 6.01 Å². The summed E-state index contributed by atoms with van der Waals surface area (Å²) in [5.41, 5.74) is 8.73. The molecule has 2 aliphatic heterocycles. The third-order valence-electron chi connectivity index (χ3n) is 7.73. The van der Waals surface area contributed by atoms with E-state index >= 15 is 0 Å². The first-order valence-corrected chi connectivity index (χ1v) is 14.9. The number of carbonyl (C=O) groups excluding carboxylic acids is 1. The number of likely N-dealkylation sites (N-methyl/N-ethyl adjacent to an activating group) is 1. The second-order valence-electron chi connectivity index (χ2n) is 10.4. The Morgan fingerprint density at radius 3 is 2.58 bits per heavy atom. The molecule has 11 heteroatoms. The fourth-order valence-electron chi connectivity index (χ4n) is 5.35. The summed E-state index contributed by atoms with van der Waals surface area (Å²) in [6, 6.07) is 11.0. The molecule has 1 amide bonds. The number of carbonyl (C=O) groups is 1. The molecule has 2 aromatic carbocycles. The summed E-state index contributed by atoms with van der Waals surface area (Å²) in [4.78, 5) is 25.9. The number of nitrogens with zero attached hydrogens (tertiary/aromatic N) is 5. The average Bonchev–Trinajstić information content (AvgIpc) is 3.03. The van der Waals surface area contributed by atoms with Crippen molar-refractivity contribution in [3.63, 3.8) is 0 Å². The fourth-order valence-corrected chi connectivity index (χ4v) is 5.35. The van der Waals surface area contributed by atoms with Gasteiger partial charge in [-0.25, -0.2) is 8.78 Å². The zero-order chi connectivity index (χ0) is 30.8. The molecule has 9 nitrogen and oxygen atoms in total. The zero-order valence-corrected chi connectivity index (χ0v) is 25.1. The van der Waals surface area contributed by atoms with Gasteiger partial charge in [0.25, 0.3) is 6.43 Å². The minimum atomic E-state index is -2.53. The van der Waals surface area contributed by atoms with Gasteiger partial charge in [-0.15, -0.1) is 0 Å². The number of morpholine rings is 1. The van der Waals surface area contributed by atoms with Gasteiger partial charge in [0.2, 0.25) is 5.91 Å². The highest BCUT2D eigenvalue weighted by atomic mass is 19.3. The molecule has 3 heterocycles. The molecule has 0 atom stereocenters. The van der Waals surface area contributed by atoms with Crippen molar-refractivity contribution in [2.75, 3.05) is 69.7 Å². The van der Waals surface area contributed by atoms with Crippen molar-refractivity contribution in [1.82, 2.24) is 19.8 Å². The molecule has 1 aromatic heterocycles. The fraction of sp³-hybridized carbons (Fsp3) is 0.469. The Balaban J connectivity index is 0.000000410. The van der Waals surface area contributed by atoms with E-state index in [-0.39, 0.29) is 17.5 Å². The van der Waals surface area contributed by atoms with Crippen LogP contribution in [0.3, 0.4) is 0 Å². The van der Waals surface area contributed by atoms with E-state index in [1.165, 1.54) is 6.08 Å². The summed E-state index contributed by atoms with van der Waals surface area (Å²) in [6.07, 6.45) is 0.313. The number of amides is 1. The molecule has 0 saturated carbocycles. The van der Waals surface area contributed by atoms with Crippen molar-refractivity contribution in [1.29, 1.82) is 0 Å². The summed E-state index contributed by atoms with van der Waals surface area (Å²) in [5.74, 6) is 0.444. The number of ether oxygens (including phenoxy) is 2. The van der Waals surface area contributed by atoms with Gasteiger partial charge in [0, 0.05) is 61.5 Å². The van der Waals surface area contributed by atoms with Crippen molar-refractivity contribution >= 4 is 28.2 Å². The molecule has 2 N–H and O–H groups in total. The normalized spacial score (nSPS) is 15.0. The number of rotatable bonds is 10. The Kier molecular flexibility index (Phi) is 11.6. The lowest BCUT2D eigenvalue weighted by molar-refractivity contribution is -0.125. The molecular formula is C32H42F2N6O3. The predicted molar refractivity (Wildman–Crippen MR) is 166 cm³/mol. The van der Waals surface area contributed by atoms with E-state index in [4.69, 9.17) is 15.2 Å². The molecule has 0 aliphatic carbocycles. The monoisotopic (exact) mass is 596 g/mol. The van der Waals surface area contributed by atoms with E-state index in [1.807, 2.05) is 38.1 Å². The van der Waals surface area contributed by atoms with E-state index in [1.54, 1.807) is 17.0 Å². The van der Waals surface area contributed by atoms with Gasteiger partial charge in [0.05, 0.1) is 32.1 Å². The van der Waals surface area contributed by atoms with Crippen LogP contribution in [0, 0.1) is 0 Å². The maximum absolute atomic E-state index is 13.6. The molecule has 0 spiro atoms. The van der Waals surface area contributed by atoms with Gasteiger partial charge in [0.1, 0.15) is 5.82 Å². The number of halogens is 2. The second kappa shape index (κ2) is 15.6. The lowest BCUT2D eigenvalue weighted by atomic mass is 10.0. The molecule has 0 bridgehead atoms. The highest BCUT2D eigenvalue weighted by Gasteiger charge is 2.24. The van der Waals surface area contributed by atoms with Crippen molar-refractivity contribution in [2.24, 2.45) is 0 Å². The molecule has 1 saturated heterocycles. The number of benzene rings is 2. The van der Waals surface area contributed by atoms with Crippen molar-refractivity contribution in [2.45, 2.75) is 39.7 Å². The Labute approximate surface area is 252 Å². The number of hydrogen-bond donors (Lipinski definition) is 1. The number of nitrogen functional groups attached to an aromatic ring is 1. The first kappa shape index (κ1) is 32.1. The summed E-state index contributed by atoms with van der Waals surface area (Å²) in [6.45, 7) is 14.8. The van der Waals surface area contributed by atoms with Crippen molar-refractivity contribution < 1.29 is 23.0 Å². The van der Waals surface area contributed by atoms with Gasteiger partial charge in [0.15, 0.2) is 0 Å². The summed E-state index contributed by atoms with van der Waals surface area (Å²) in [5, 5.41) is 1.74. The first-order valence-electron chi connectivity index (χ1n) is 14.9. The van der Waals surface area contributed by atoms with Crippen LogP contribution in [-0.2, 0) is 22.5 Å². The molecule has 43 heavy (non-hydrogen) atoms. The van der Waals surface area contributed by atoms with Crippen molar-refractivity contribution in [3.05, 3.63) is 65.9 Å². The number of anilines is 2. The summed E-state index contributed by atoms with van der Waals surface area (Å²) in [7, 11) is 0. The first-order chi connectivity index (χ1) is 20.8. The third kappa shape index (κ3) is 8.39. The number of hydrogen-bond acceptors (Lipinski definition) is 8. The highest BCUT2D eigenvalue weighted by Crippen LogP contribution is 2.35. The van der Waals surface area contributed by atoms with E-state index in [0.29, 0.717) is 31.9 Å². The smallest absolute Gasteiger partial charge is 0.318 e. The zero-order valence-electron chi connectivity index (χ0n) is 25.1. The highest BCUT2D eigenvalue weighted by molar-refractivity contribution is 5.95. The van der Waals surface area contributed by atoms with E-state index < -0.39 is 6.43 Å². The van der Waals surface area contributed by atoms with Gasteiger partial charge in [-0.2, -0.15) is 9.97 Å². The maximum atomic E-state index is 13.6. The van der Waals surface area contributed by atoms with Crippen LogP contribution in [0.5, 0.6) is 6.01 Å². The van der Waals surface area contributed by atoms with Crippen LogP contribution in [0.25, 0.3) is 10.8 Å². The minimum absolute atomic E-state index is 0.0139. The molecule has 5 rings (SSSR count). The van der Waals surface area contributed by atoms with Gasteiger partial charge < -0.3 is 25.0 Å². The van der Waals surface area contributed by atoms with Gasteiger partial charge in [-0.05, 0) is 50.3 Å². The Bertz CT molecular complexity index is 1380. The quantitative estimate of drug-likeness (QED) is 0.262. The molecule has 0 radical (unpaired) electrons. The minimum Gasteiger partial charge on any atom is -0.463 e. The Morgan fingerprint density at radius 2 is 1.91 bits per heavy atom. The van der Waals surface area contributed by atoms with E-state index in [0.717, 1.165) is 80.1 Å². The number of nitrogens with two attached hydrogens (primary N) is 1. The SMILES string of the molecule is C=CC(=O)N(CC)CC.Nc1nc(OCCCN2CCOCC2)nc2c1CCN(c1cc(C(F)F)cc3ccccc13)C2. The van der Waals surface area contributed by atoms with Crippen LogP contribution in [0.4, 0.5) is 20.3 Å². The van der Waals surface area contributed by atoms with Crippen LogP contribution >= 0.6 is 0 Å². The van der Waals surface area contributed by atoms with E-state index in [9.17, 15) is 13.6 Å². The summed E-state index contributed by atoms with van der Waals surface area (Å²) >= 11 is 0. The topological polar surface area (TPSA) is 97.0 Å². The van der Waals surface area contributed by atoms with Crippen LogP contribution in [0.15, 0.2) is 49.1 Å². The number of aromatic nitrogens is 2. The summed E-state index contributed by atoms with van der Waals surface area (Å²) < 4.78 is 38.3. The lowest BCUT2D eigenvalue weighted by Crippen LogP contribution is -2.37. The van der Waals surface area contributed by atoms with Crippen LogP contribution in [0.1, 0.15) is 43.5 Å². The van der Waals surface area contributed by atoms with Crippen LogP contribution in [-0.4, -0.2) is 84.8 Å². The van der Waals surface area contributed by atoms with Crippen LogP contribution < -0.4 is 15.4 Å². The molecule has 3 aromatic rings. The maximum Gasteiger partial charge on any atom is 0.318 e. The molecule has 2 aliphatic rings. The average molecular weight is 597 g/mol. The van der Waals surface area contributed by atoms with Gasteiger partial charge in [-0.3, -0.25) is 9.69 Å². The lowest BCUT2D eigenvalue weighted by Gasteiger charge is -2.32. The second-order valence-corrected chi connectivity index (χ2v) is 10.4. The number of fused-ring (bicyclic) bond motifs is 2. The van der Waals surface area contributed by atoms with Gasteiger partial charge in [-0.1, -0.05) is 30.8 Å².